The minimum absolute atomic E-state index is 0.378. The Morgan fingerprint density at radius 1 is 1.03 bits per heavy atom. The lowest BCUT2D eigenvalue weighted by atomic mass is 9.99. The Labute approximate surface area is 169 Å². The van der Waals surface area contributed by atoms with Crippen LogP contribution in [0.5, 0.6) is 5.75 Å². The summed E-state index contributed by atoms with van der Waals surface area (Å²) in [6, 6.07) is 3.90. The summed E-state index contributed by atoms with van der Waals surface area (Å²) >= 11 is 0. The minimum Gasteiger partial charge on any atom is -0.497 e. The van der Waals surface area contributed by atoms with Crippen molar-refractivity contribution in [1.29, 1.82) is 0 Å². The first-order chi connectivity index (χ1) is 13.2. The van der Waals surface area contributed by atoms with Crippen LogP contribution in [0.15, 0.2) is 24.3 Å². The molecule has 0 saturated carbocycles. The molecule has 164 valence electrons. The number of carbonyl (C=O) groups is 2. The number of halogens is 3. The van der Waals surface area contributed by atoms with Crippen molar-refractivity contribution in [3.05, 3.63) is 29.8 Å². The number of carbonyl (C=O) groups excluding carboxylic acids is 2. The molecule has 1 aromatic carbocycles. The molecule has 0 heterocycles. The number of amides is 2. The van der Waals surface area contributed by atoms with E-state index in [0.29, 0.717) is 11.3 Å². The molecule has 0 fully saturated rings. The molecule has 2 N–H and O–H groups in total. The Bertz CT molecular complexity index is 682. The van der Waals surface area contributed by atoms with Crippen molar-refractivity contribution in [3.8, 4) is 5.75 Å². The summed E-state index contributed by atoms with van der Waals surface area (Å²) in [5.41, 5.74) is -0.425. The van der Waals surface area contributed by atoms with Gasteiger partial charge in [0.25, 0.3) is 0 Å². The van der Waals surface area contributed by atoms with Crippen molar-refractivity contribution in [2.45, 2.75) is 64.9 Å². The molecule has 0 aliphatic heterocycles. The molecule has 0 aliphatic rings. The molecule has 0 saturated heterocycles. The van der Waals surface area contributed by atoms with Gasteiger partial charge in [-0.2, -0.15) is 13.2 Å². The van der Waals surface area contributed by atoms with E-state index >= 15 is 0 Å². The largest absolute Gasteiger partial charge is 0.497 e. The second kappa shape index (κ2) is 9.84. The zero-order valence-electron chi connectivity index (χ0n) is 17.5. The van der Waals surface area contributed by atoms with E-state index in [0.717, 1.165) is 0 Å². The van der Waals surface area contributed by atoms with Gasteiger partial charge in [0.1, 0.15) is 17.4 Å². The van der Waals surface area contributed by atoms with Crippen molar-refractivity contribution in [2.75, 3.05) is 7.11 Å². The zero-order valence-corrected chi connectivity index (χ0v) is 17.5. The first-order valence-electron chi connectivity index (χ1n) is 9.22. The average molecular weight is 418 g/mol. The van der Waals surface area contributed by atoms with Gasteiger partial charge in [0, 0.05) is 6.04 Å². The molecule has 9 heteroatoms. The standard InChI is InChI=1S/C20H29F3N2O4/c1-12(2)15(11-20(21,22)23)24-17(26)16(25-18(27)29-19(3,4)5)13-7-9-14(28-6)10-8-13/h7-10,12,15-16H,11H2,1-6H3,(H,24,26)(H,25,27)/t15-,16?/m1/s1. The Kier molecular flexibility index (Phi) is 8.35. The topological polar surface area (TPSA) is 76.7 Å². The maximum absolute atomic E-state index is 12.9. The van der Waals surface area contributed by atoms with Crippen molar-refractivity contribution in [1.82, 2.24) is 10.6 Å². The summed E-state index contributed by atoms with van der Waals surface area (Å²) in [4.78, 5) is 25.0. The van der Waals surface area contributed by atoms with E-state index in [1.54, 1.807) is 58.9 Å². The zero-order chi connectivity index (χ0) is 22.4. The van der Waals surface area contributed by atoms with Crippen molar-refractivity contribution in [3.63, 3.8) is 0 Å². The number of ether oxygens (including phenoxy) is 2. The highest BCUT2D eigenvalue weighted by Crippen LogP contribution is 2.26. The van der Waals surface area contributed by atoms with Gasteiger partial charge in [-0.25, -0.2) is 4.79 Å². The Hall–Kier alpha value is -2.45. The second-order valence-corrected chi connectivity index (χ2v) is 8.03. The van der Waals surface area contributed by atoms with Crippen LogP contribution in [-0.4, -0.2) is 36.9 Å². The molecule has 1 unspecified atom stereocenters. The smallest absolute Gasteiger partial charge is 0.408 e. The molecular weight excluding hydrogens is 389 g/mol. The summed E-state index contributed by atoms with van der Waals surface area (Å²) in [5.74, 6) is -0.690. The predicted octanol–water partition coefficient (Wildman–Crippen LogP) is 4.35. The summed E-state index contributed by atoms with van der Waals surface area (Å²) in [7, 11) is 1.47. The van der Waals surface area contributed by atoms with E-state index in [2.05, 4.69) is 10.6 Å². The minimum atomic E-state index is -4.43. The Morgan fingerprint density at radius 2 is 1.59 bits per heavy atom. The van der Waals surface area contributed by atoms with Gasteiger partial charge in [0.05, 0.1) is 13.5 Å². The Morgan fingerprint density at radius 3 is 2.00 bits per heavy atom. The number of nitrogens with one attached hydrogen (secondary N) is 2. The SMILES string of the molecule is COc1ccc(C(NC(=O)OC(C)(C)C)C(=O)N[C@H](CC(F)(F)F)C(C)C)cc1. The first-order valence-corrected chi connectivity index (χ1v) is 9.22. The lowest BCUT2D eigenvalue weighted by molar-refractivity contribution is -0.145. The van der Waals surface area contributed by atoms with Gasteiger partial charge in [0.15, 0.2) is 0 Å². The molecule has 1 aromatic rings. The summed E-state index contributed by atoms with van der Waals surface area (Å²) in [6.07, 6.45) is -6.46. The van der Waals surface area contributed by atoms with Crippen LogP contribution in [0.4, 0.5) is 18.0 Å². The maximum atomic E-state index is 12.9. The van der Waals surface area contributed by atoms with Gasteiger partial charge in [-0.15, -0.1) is 0 Å². The summed E-state index contributed by atoms with van der Waals surface area (Å²) in [6.45, 7) is 8.15. The van der Waals surface area contributed by atoms with Crippen molar-refractivity contribution in [2.24, 2.45) is 5.92 Å². The van der Waals surface area contributed by atoms with Crippen LogP contribution in [-0.2, 0) is 9.53 Å². The number of alkyl halides is 3. The third kappa shape index (κ3) is 9.06. The van der Waals surface area contributed by atoms with Gasteiger partial charge in [0.2, 0.25) is 5.91 Å². The van der Waals surface area contributed by atoms with Gasteiger partial charge >= 0.3 is 12.3 Å². The van der Waals surface area contributed by atoms with Gasteiger partial charge in [-0.1, -0.05) is 26.0 Å². The lowest BCUT2D eigenvalue weighted by Gasteiger charge is -2.28. The van der Waals surface area contributed by atoms with Crippen LogP contribution < -0.4 is 15.4 Å². The summed E-state index contributed by atoms with van der Waals surface area (Å²) < 4.78 is 48.8. The van der Waals surface area contributed by atoms with Crippen LogP contribution in [0.1, 0.15) is 52.6 Å². The maximum Gasteiger partial charge on any atom is 0.408 e. The van der Waals surface area contributed by atoms with Crippen LogP contribution in [0.25, 0.3) is 0 Å². The third-order valence-electron chi connectivity index (χ3n) is 3.96. The fourth-order valence-electron chi connectivity index (χ4n) is 2.49. The van der Waals surface area contributed by atoms with Crippen LogP contribution in [0.3, 0.4) is 0 Å². The molecular formula is C20H29F3N2O4. The fraction of sp³-hybridized carbons (Fsp3) is 0.600. The van der Waals surface area contributed by atoms with Crippen LogP contribution in [0.2, 0.25) is 0 Å². The monoisotopic (exact) mass is 418 g/mol. The normalized spacial score (nSPS) is 14.1. The third-order valence-corrected chi connectivity index (χ3v) is 3.96. The Balaban J connectivity index is 3.10. The molecule has 29 heavy (non-hydrogen) atoms. The number of rotatable bonds is 7. The van der Waals surface area contributed by atoms with Crippen molar-refractivity contribution < 1.29 is 32.2 Å². The molecule has 0 aliphatic carbocycles. The highest BCUT2D eigenvalue weighted by molar-refractivity contribution is 5.87. The summed E-state index contributed by atoms with van der Waals surface area (Å²) in [5, 5.41) is 4.85. The molecule has 0 bridgehead atoms. The van der Waals surface area contributed by atoms with Gasteiger partial charge in [-0.05, 0) is 44.4 Å². The van der Waals surface area contributed by atoms with E-state index in [-0.39, 0.29) is 0 Å². The molecule has 0 aromatic heterocycles. The van der Waals surface area contributed by atoms with Crippen LogP contribution in [0, 0.1) is 5.92 Å². The lowest BCUT2D eigenvalue weighted by Crippen LogP contribution is -2.48. The predicted molar refractivity (Wildman–Crippen MR) is 103 cm³/mol. The van der Waals surface area contributed by atoms with Crippen LogP contribution >= 0.6 is 0 Å². The van der Waals surface area contributed by atoms with E-state index < -0.39 is 48.2 Å². The molecule has 2 amide bonds. The molecule has 0 spiro atoms. The van der Waals surface area contributed by atoms with Crippen molar-refractivity contribution >= 4 is 12.0 Å². The number of hydrogen-bond donors (Lipinski definition) is 2. The molecule has 2 atom stereocenters. The molecule has 6 nitrogen and oxygen atoms in total. The van der Waals surface area contributed by atoms with Gasteiger partial charge < -0.3 is 20.1 Å². The number of methoxy groups -OCH3 is 1. The molecule has 0 radical (unpaired) electrons. The van der Waals surface area contributed by atoms with E-state index in [1.165, 1.54) is 7.11 Å². The second-order valence-electron chi connectivity index (χ2n) is 8.03. The average Bonchev–Trinajstić information content (AvgIpc) is 2.56. The first kappa shape index (κ1) is 24.6. The van der Waals surface area contributed by atoms with E-state index in [4.69, 9.17) is 9.47 Å². The van der Waals surface area contributed by atoms with Gasteiger partial charge in [-0.3, -0.25) is 4.79 Å². The fourth-order valence-corrected chi connectivity index (χ4v) is 2.49. The number of hydrogen-bond acceptors (Lipinski definition) is 4. The van der Waals surface area contributed by atoms with E-state index in [1.807, 2.05) is 0 Å². The highest BCUT2D eigenvalue weighted by Gasteiger charge is 2.35. The molecule has 1 rings (SSSR count). The number of alkyl carbamates (subject to hydrolysis) is 1. The number of benzene rings is 1. The van der Waals surface area contributed by atoms with E-state index in [9.17, 15) is 22.8 Å². The highest BCUT2D eigenvalue weighted by atomic mass is 19.4. The quantitative estimate of drug-likeness (QED) is 0.690.